The van der Waals surface area contributed by atoms with Gasteiger partial charge in [-0.1, -0.05) is 23.7 Å². The smallest absolute Gasteiger partial charge is 0.271 e. The van der Waals surface area contributed by atoms with Gasteiger partial charge in [-0.25, -0.2) is 14.4 Å². The zero-order valence-corrected chi connectivity index (χ0v) is 22.9. The molecule has 204 valence electrons. The van der Waals surface area contributed by atoms with Gasteiger partial charge in [-0.05, 0) is 55.4 Å². The van der Waals surface area contributed by atoms with E-state index in [1.165, 1.54) is 17.0 Å². The Balaban J connectivity index is 1.29. The Bertz CT molecular complexity index is 1450. The highest BCUT2D eigenvalue weighted by Gasteiger charge is 2.39. The van der Waals surface area contributed by atoms with Crippen LogP contribution < -0.4 is 4.74 Å². The second-order valence-corrected chi connectivity index (χ2v) is 11.1. The summed E-state index contributed by atoms with van der Waals surface area (Å²) >= 11 is 6.28. The van der Waals surface area contributed by atoms with Crippen LogP contribution in [0.5, 0.6) is 5.75 Å². The molecule has 8 nitrogen and oxygen atoms in total. The summed E-state index contributed by atoms with van der Waals surface area (Å²) in [5, 5.41) is -0.000417. The zero-order valence-electron chi connectivity index (χ0n) is 22.1. The Morgan fingerprint density at radius 3 is 2.64 bits per heavy atom. The van der Waals surface area contributed by atoms with Gasteiger partial charge in [0.15, 0.2) is 17.5 Å². The first-order chi connectivity index (χ1) is 18.8. The van der Waals surface area contributed by atoms with Gasteiger partial charge in [-0.15, -0.1) is 0 Å². The van der Waals surface area contributed by atoms with Crippen LogP contribution in [0.25, 0.3) is 0 Å². The third kappa shape index (κ3) is 4.88. The molecule has 1 aliphatic carbocycles. The standard InChI is InChI=1S/C29H31ClFN5O3/c1-34(2)29(38)22-10-11-23(28(30)33-22)39-16-25(37)36-14-12-21-27(35-13-4-3-5-24(35)32-21)26(36)19-9-8-18(15-20(19)31)17-6-7-17/h8-11,15,17,26H,3-7,12-14,16H2,1-2H3. The van der Waals surface area contributed by atoms with Gasteiger partial charge in [0.1, 0.15) is 23.4 Å². The van der Waals surface area contributed by atoms with Gasteiger partial charge < -0.3 is 19.1 Å². The van der Waals surface area contributed by atoms with E-state index in [-0.39, 0.29) is 40.8 Å². The normalized spacial score (nSPS) is 18.4. The number of benzene rings is 1. The van der Waals surface area contributed by atoms with Crippen LogP contribution in [-0.4, -0.2) is 63.4 Å². The van der Waals surface area contributed by atoms with Crippen LogP contribution in [0.4, 0.5) is 4.39 Å². The molecule has 4 heterocycles. The number of pyridine rings is 1. The summed E-state index contributed by atoms with van der Waals surface area (Å²) in [6.07, 6.45) is 5.77. The number of aromatic nitrogens is 3. The number of amides is 2. The molecule has 1 aromatic carbocycles. The second kappa shape index (κ2) is 10.3. The lowest BCUT2D eigenvalue weighted by Gasteiger charge is -2.37. The topological polar surface area (TPSA) is 80.6 Å². The molecule has 0 radical (unpaired) electrons. The number of hydrogen-bond donors (Lipinski definition) is 0. The maximum atomic E-state index is 15.7. The maximum Gasteiger partial charge on any atom is 0.271 e. The van der Waals surface area contributed by atoms with Crippen LogP contribution >= 0.6 is 11.6 Å². The first-order valence-electron chi connectivity index (χ1n) is 13.5. The third-order valence-electron chi connectivity index (χ3n) is 7.83. The average molecular weight is 552 g/mol. The largest absolute Gasteiger partial charge is 0.481 e. The van der Waals surface area contributed by atoms with Crippen molar-refractivity contribution in [3.05, 3.63) is 75.3 Å². The monoisotopic (exact) mass is 551 g/mol. The van der Waals surface area contributed by atoms with Crippen LogP contribution in [-0.2, 0) is 24.2 Å². The van der Waals surface area contributed by atoms with E-state index >= 15 is 4.39 Å². The van der Waals surface area contributed by atoms with Crippen LogP contribution in [0.1, 0.15) is 76.5 Å². The number of aryl methyl sites for hydroxylation is 1. The fraction of sp³-hybridized carbons (Fsp3) is 0.448. The van der Waals surface area contributed by atoms with Crippen molar-refractivity contribution in [1.82, 2.24) is 24.3 Å². The molecule has 6 rings (SSSR count). The van der Waals surface area contributed by atoms with Crippen molar-refractivity contribution in [3.63, 3.8) is 0 Å². The number of imidazole rings is 1. The van der Waals surface area contributed by atoms with E-state index in [9.17, 15) is 9.59 Å². The molecule has 0 saturated heterocycles. The summed E-state index contributed by atoms with van der Waals surface area (Å²) in [5.41, 5.74) is 3.54. The highest BCUT2D eigenvalue weighted by molar-refractivity contribution is 6.31. The van der Waals surface area contributed by atoms with Gasteiger partial charge in [0.2, 0.25) is 0 Å². The number of carbonyl (C=O) groups excluding carboxylic acids is 2. The quantitative estimate of drug-likeness (QED) is 0.420. The van der Waals surface area contributed by atoms with E-state index < -0.39 is 6.04 Å². The molecule has 1 atom stereocenters. The van der Waals surface area contributed by atoms with Crippen LogP contribution in [0.3, 0.4) is 0 Å². The van der Waals surface area contributed by atoms with Gasteiger partial charge in [0.05, 0.1) is 11.4 Å². The first kappa shape index (κ1) is 25.8. The number of rotatable bonds is 6. The Morgan fingerprint density at radius 2 is 1.92 bits per heavy atom. The summed E-state index contributed by atoms with van der Waals surface area (Å²) in [6, 6.07) is 7.93. The first-order valence-corrected chi connectivity index (χ1v) is 13.9. The molecule has 0 spiro atoms. The summed E-state index contributed by atoms with van der Waals surface area (Å²) in [7, 11) is 3.25. The van der Waals surface area contributed by atoms with Crippen molar-refractivity contribution >= 4 is 23.4 Å². The lowest BCUT2D eigenvalue weighted by Crippen LogP contribution is -2.44. The molecule has 2 aromatic heterocycles. The molecule has 10 heteroatoms. The predicted octanol–water partition coefficient (Wildman–Crippen LogP) is 4.54. The van der Waals surface area contributed by atoms with E-state index in [2.05, 4.69) is 9.55 Å². The van der Waals surface area contributed by atoms with Crippen molar-refractivity contribution in [2.75, 3.05) is 27.2 Å². The number of halogens is 2. The van der Waals surface area contributed by atoms with Gasteiger partial charge in [0.25, 0.3) is 11.8 Å². The lowest BCUT2D eigenvalue weighted by atomic mass is 9.93. The van der Waals surface area contributed by atoms with E-state index in [0.717, 1.165) is 61.4 Å². The molecule has 2 aliphatic heterocycles. The van der Waals surface area contributed by atoms with E-state index in [4.69, 9.17) is 21.3 Å². The summed E-state index contributed by atoms with van der Waals surface area (Å²) in [5.74, 6) is 0.786. The fourth-order valence-corrected chi connectivity index (χ4v) is 5.88. The van der Waals surface area contributed by atoms with Crippen molar-refractivity contribution in [3.8, 4) is 5.75 Å². The number of fused-ring (bicyclic) bond motifs is 3. The molecule has 1 unspecified atom stereocenters. The Labute approximate surface area is 231 Å². The molecule has 1 fully saturated rings. The molecular weight excluding hydrogens is 521 g/mol. The average Bonchev–Trinajstić information content (AvgIpc) is 3.71. The molecule has 3 aliphatic rings. The molecule has 39 heavy (non-hydrogen) atoms. The van der Waals surface area contributed by atoms with Crippen LogP contribution in [0.2, 0.25) is 5.15 Å². The Hall–Kier alpha value is -3.46. The van der Waals surface area contributed by atoms with Crippen molar-refractivity contribution < 1.29 is 18.7 Å². The maximum absolute atomic E-state index is 15.7. The van der Waals surface area contributed by atoms with Crippen molar-refractivity contribution in [2.24, 2.45) is 0 Å². The molecule has 2 amide bonds. The van der Waals surface area contributed by atoms with E-state index in [1.54, 1.807) is 25.1 Å². The van der Waals surface area contributed by atoms with Crippen LogP contribution in [0.15, 0.2) is 30.3 Å². The van der Waals surface area contributed by atoms with E-state index in [1.807, 2.05) is 12.1 Å². The minimum atomic E-state index is -0.592. The second-order valence-electron chi connectivity index (χ2n) is 10.7. The van der Waals surface area contributed by atoms with Crippen LogP contribution in [0, 0.1) is 5.82 Å². The summed E-state index contributed by atoms with van der Waals surface area (Å²) < 4.78 is 23.7. The van der Waals surface area contributed by atoms with Gasteiger partial charge >= 0.3 is 0 Å². The third-order valence-corrected chi connectivity index (χ3v) is 8.10. The number of carbonyl (C=O) groups is 2. The molecular formula is C29H31ClFN5O3. The summed E-state index contributed by atoms with van der Waals surface area (Å²) in [4.78, 5) is 38.0. The Kier molecular flexibility index (Phi) is 6.79. The lowest BCUT2D eigenvalue weighted by molar-refractivity contribution is -0.135. The van der Waals surface area contributed by atoms with Gasteiger partial charge in [-0.3, -0.25) is 9.59 Å². The van der Waals surface area contributed by atoms with Crippen molar-refractivity contribution in [2.45, 2.75) is 57.0 Å². The minimum absolute atomic E-state index is 0.000417. The minimum Gasteiger partial charge on any atom is -0.481 e. The number of nitrogens with zero attached hydrogens (tertiary/aromatic N) is 5. The molecule has 3 aromatic rings. The summed E-state index contributed by atoms with van der Waals surface area (Å²) in [6.45, 7) is 0.924. The van der Waals surface area contributed by atoms with Gasteiger partial charge in [0, 0.05) is 45.6 Å². The number of hydrogen-bond acceptors (Lipinski definition) is 5. The SMILES string of the molecule is CN(C)C(=O)c1ccc(OCC(=O)N2CCc3nc4n(c3C2c2ccc(C3CC3)cc2F)CCCC4)c(Cl)n1. The number of ether oxygens (including phenoxy) is 1. The Morgan fingerprint density at radius 1 is 1.10 bits per heavy atom. The molecule has 1 saturated carbocycles. The van der Waals surface area contributed by atoms with Gasteiger partial charge in [-0.2, -0.15) is 0 Å². The van der Waals surface area contributed by atoms with Crippen molar-refractivity contribution in [1.29, 1.82) is 0 Å². The molecule has 0 bridgehead atoms. The zero-order chi connectivity index (χ0) is 27.3. The highest BCUT2D eigenvalue weighted by atomic mass is 35.5. The fourth-order valence-electron chi connectivity index (χ4n) is 5.67. The molecule has 0 N–H and O–H groups in total. The van der Waals surface area contributed by atoms with E-state index in [0.29, 0.717) is 24.4 Å². The predicted molar refractivity (Wildman–Crippen MR) is 144 cm³/mol. The highest BCUT2D eigenvalue weighted by Crippen LogP contribution is 2.43.